The van der Waals surface area contributed by atoms with Crippen LogP contribution in [0.15, 0.2) is 48.5 Å². The number of hydrogen-bond acceptors (Lipinski definition) is 3. The minimum absolute atomic E-state index is 0.00359. The molecule has 2 aromatic carbocycles. The molecule has 3 rings (SSSR count). The van der Waals surface area contributed by atoms with Gasteiger partial charge in [0.15, 0.2) is 17.2 Å². The third-order valence-corrected chi connectivity index (χ3v) is 4.98. The predicted octanol–water partition coefficient (Wildman–Crippen LogP) is 2.65. The van der Waals surface area contributed by atoms with Crippen molar-refractivity contribution in [2.45, 2.75) is 31.4 Å². The van der Waals surface area contributed by atoms with Crippen molar-refractivity contribution in [1.82, 2.24) is 10.2 Å². The molecule has 1 fully saturated rings. The van der Waals surface area contributed by atoms with Gasteiger partial charge in [0, 0.05) is 31.7 Å². The monoisotopic (exact) mass is 374 g/mol. The number of piperidine rings is 1. The quantitative estimate of drug-likeness (QED) is 0.784. The van der Waals surface area contributed by atoms with Crippen molar-refractivity contribution in [3.63, 3.8) is 0 Å². The highest BCUT2D eigenvalue weighted by Crippen LogP contribution is 2.23. The normalized spacial score (nSPS) is 20.1. The van der Waals surface area contributed by atoms with E-state index in [1.807, 2.05) is 30.3 Å². The molecule has 6 heteroatoms. The van der Waals surface area contributed by atoms with Crippen molar-refractivity contribution in [2.24, 2.45) is 0 Å². The van der Waals surface area contributed by atoms with Crippen molar-refractivity contribution in [3.8, 4) is 0 Å². The second-order valence-corrected chi connectivity index (χ2v) is 6.98. The Kier molecular flexibility index (Phi) is 6.19. The number of likely N-dealkylation sites (tertiary alicyclic amines) is 1. The van der Waals surface area contributed by atoms with Crippen molar-refractivity contribution < 1.29 is 18.7 Å². The zero-order valence-electron chi connectivity index (χ0n) is 15.1. The molecule has 0 radical (unpaired) electrons. The van der Waals surface area contributed by atoms with Crippen LogP contribution in [0.5, 0.6) is 0 Å². The highest BCUT2D eigenvalue weighted by atomic mass is 19.2. The summed E-state index contributed by atoms with van der Waals surface area (Å²) in [5, 5.41) is 13.7. The summed E-state index contributed by atoms with van der Waals surface area (Å²) in [5.74, 6) is -2.12. The first-order chi connectivity index (χ1) is 13.0. The van der Waals surface area contributed by atoms with Crippen molar-refractivity contribution in [2.75, 3.05) is 19.6 Å². The number of nitrogens with zero attached hydrogens (tertiary/aromatic N) is 1. The van der Waals surface area contributed by atoms with Crippen LogP contribution in [0.2, 0.25) is 0 Å². The smallest absolute Gasteiger partial charge is 0.255 e. The van der Waals surface area contributed by atoms with Gasteiger partial charge in [0.2, 0.25) is 0 Å². The highest BCUT2D eigenvalue weighted by Gasteiger charge is 2.41. The molecule has 1 aliphatic heterocycles. The number of nitrogens with one attached hydrogen (secondary N) is 1. The Hall–Kier alpha value is -2.31. The van der Waals surface area contributed by atoms with Gasteiger partial charge in [-0.2, -0.15) is 0 Å². The standard InChI is InChI=1S/C21H24F2N2O2/c22-18-9-4-8-17(19(18)23)14-24-15-21(27)11-5-12-25(20(21)26)13-10-16-6-2-1-3-7-16/h1-4,6-9,24,27H,5,10-15H2. The van der Waals surface area contributed by atoms with E-state index in [1.54, 1.807) is 4.90 Å². The maximum absolute atomic E-state index is 13.7. The van der Waals surface area contributed by atoms with Crippen molar-refractivity contribution >= 4 is 5.91 Å². The number of halogens is 2. The van der Waals surface area contributed by atoms with Gasteiger partial charge in [0.25, 0.3) is 5.91 Å². The Morgan fingerprint density at radius 2 is 1.89 bits per heavy atom. The Balaban J connectivity index is 1.56. The highest BCUT2D eigenvalue weighted by molar-refractivity contribution is 5.86. The molecule has 0 bridgehead atoms. The zero-order valence-corrected chi connectivity index (χ0v) is 15.1. The topological polar surface area (TPSA) is 52.6 Å². The molecule has 0 aliphatic carbocycles. The van der Waals surface area contributed by atoms with E-state index >= 15 is 0 Å². The van der Waals surface area contributed by atoms with Gasteiger partial charge >= 0.3 is 0 Å². The molecular weight excluding hydrogens is 350 g/mol. The molecule has 27 heavy (non-hydrogen) atoms. The Labute approximate surface area is 157 Å². The lowest BCUT2D eigenvalue weighted by molar-refractivity contribution is -0.156. The van der Waals surface area contributed by atoms with Gasteiger partial charge in [-0.3, -0.25) is 4.79 Å². The number of aliphatic hydroxyl groups is 1. The molecule has 0 saturated carbocycles. The Morgan fingerprint density at radius 3 is 2.67 bits per heavy atom. The first kappa shape index (κ1) is 19.5. The molecule has 1 atom stereocenters. The van der Waals surface area contributed by atoms with Crippen LogP contribution in [0.4, 0.5) is 8.78 Å². The molecule has 1 saturated heterocycles. The number of carbonyl (C=O) groups excluding carboxylic acids is 1. The van der Waals surface area contributed by atoms with E-state index in [0.29, 0.717) is 25.9 Å². The molecule has 1 amide bonds. The van der Waals surface area contributed by atoms with Crippen molar-refractivity contribution in [1.29, 1.82) is 0 Å². The summed E-state index contributed by atoms with van der Waals surface area (Å²) < 4.78 is 27.0. The fourth-order valence-corrected chi connectivity index (χ4v) is 3.44. The molecule has 0 spiro atoms. The van der Waals surface area contributed by atoms with Gasteiger partial charge in [-0.1, -0.05) is 42.5 Å². The van der Waals surface area contributed by atoms with Gasteiger partial charge in [0.05, 0.1) is 0 Å². The van der Waals surface area contributed by atoms with E-state index < -0.39 is 17.2 Å². The Morgan fingerprint density at radius 1 is 1.11 bits per heavy atom. The summed E-state index contributed by atoms with van der Waals surface area (Å²) in [4.78, 5) is 14.4. The summed E-state index contributed by atoms with van der Waals surface area (Å²) >= 11 is 0. The largest absolute Gasteiger partial charge is 0.379 e. The number of carbonyl (C=O) groups is 1. The van der Waals surface area contributed by atoms with Crippen LogP contribution >= 0.6 is 0 Å². The minimum Gasteiger partial charge on any atom is -0.379 e. The first-order valence-corrected chi connectivity index (χ1v) is 9.19. The fraction of sp³-hybridized carbons (Fsp3) is 0.381. The van der Waals surface area contributed by atoms with Gasteiger partial charge in [-0.05, 0) is 30.9 Å². The average Bonchev–Trinajstić information content (AvgIpc) is 2.67. The van der Waals surface area contributed by atoms with E-state index in [4.69, 9.17) is 0 Å². The van der Waals surface area contributed by atoms with Crippen LogP contribution in [0, 0.1) is 11.6 Å². The van der Waals surface area contributed by atoms with Crippen LogP contribution in [-0.2, 0) is 17.8 Å². The molecule has 1 unspecified atom stereocenters. The second kappa shape index (κ2) is 8.59. The van der Waals surface area contributed by atoms with E-state index in [-0.39, 0.29) is 24.6 Å². The molecule has 1 heterocycles. The lowest BCUT2D eigenvalue weighted by Crippen LogP contribution is -2.58. The van der Waals surface area contributed by atoms with E-state index in [1.165, 1.54) is 12.1 Å². The minimum atomic E-state index is -1.52. The number of amides is 1. The molecule has 2 aromatic rings. The van der Waals surface area contributed by atoms with Crippen LogP contribution < -0.4 is 5.32 Å². The zero-order chi connectivity index (χ0) is 19.3. The van der Waals surface area contributed by atoms with Crippen LogP contribution in [0.25, 0.3) is 0 Å². The summed E-state index contributed by atoms with van der Waals surface area (Å²) in [7, 11) is 0. The third-order valence-electron chi connectivity index (χ3n) is 4.98. The molecule has 2 N–H and O–H groups in total. The third kappa shape index (κ3) is 4.70. The van der Waals surface area contributed by atoms with Gasteiger partial charge < -0.3 is 15.3 Å². The van der Waals surface area contributed by atoms with Crippen molar-refractivity contribution in [3.05, 3.63) is 71.3 Å². The summed E-state index contributed by atoms with van der Waals surface area (Å²) in [6, 6.07) is 13.8. The second-order valence-electron chi connectivity index (χ2n) is 6.98. The van der Waals surface area contributed by atoms with E-state index in [2.05, 4.69) is 5.32 Å². The van der Waals surface area contributed by atoms with Crippen LogP contribution in [0.1, 0.15) is 24.0 Å². The van der Waals surface area contributed by atoms with E-state index in [0.717, 1.165) is 18.1 Å². The predicted molar refractivity (Wildman–Crippen MR) is 99.0 cm³/mol. The van der Waals surface area contributed by atoms with Gasteiger partial charge in [-0.15, -0.1) is 0 Å². The number of hydrogen-bond donors (Lipinski definition) is 2. The molecule has 0 aromatic heterocycles. The van der Waals surface area contributed by atoms with Gasteiger partial charge in [0.1, 0.15) is 0 Å². The maximum atomic E-state index is 13.7. The number of rotatable bonds is 7. The summed E-state index contributed by atoms with van der Waals surface area (Å²) in [5.41, 5.74) is -0.208. The lowest BCUT2D eigenvalue weighted by atomic mass is 9.91. The number of benzene rings is 2. The molecule has 144 valence electrons. The fourth-order valence-electron chi connectivity index (χ4n) is 3.44. The SMILES string of the molecule is O=C1N(CCc2ccccc2)CCCC1(O)CNCc1cccc(F)c1F. The molecule has 1 aliphatic rings. The molecular formula is C21H24F2N2O2. The lowest BCUT2D eigenvalue weighted by Gasteiger charge is -2.38. The maximum Gasteiger partial charge on any atom is 0.255 e. The summed E-state index contributed by atoms with van der Waals surface area (Å²) in [6.45, 7) is 1.21. The Bertz CT molecular complexity index is 785. The average molecular weight is 374 g/mol. The first-order valence-electron chi connectivity index (χ1n) is 9.19. The van der Waals surface area contributed by atoms with Crippen LogP contribution in [-0.4, -0.2) is 41.1 Å². The summed E-state index contributed by atoms with van der Waals surface area (Å²) in [6.07, 6.45) is 1.78. The molecule has 4 nitrogen and oxygen atoms in total. The van der Waals surface area contributed by atoms with E-state index in [9.17, 15) is 18.7 Å². The van der Waals surface area contributed by atoms with Gasteiger partial charge in [-0.25, -0.2) is 8.78 Å². The van der Waals surface area contributed by atoms with Crippen LogP contribution in [0.3, 0.4) is 0 Å².